The van der Waals surface area contributed by atoms with E-state index in [1.807, 2.05) is 36.4 Å². The normalized spacial score (nSPS) is 13.5. The van der Waals surface area contributed by atoms with Gasteiger partial charge in [-0.1, -0.05) is 31.4 Å². The predicted octanol–water partition coefficient (Wildman–Crippen LogP) is 4.87. The third-order valence-electron chi connectivity index (χ3n) is 6.37. The lowest BCUT2D eigenvalue weighted by Crippen LogP contribution is -2.24. The largest absolute Gasteiger partial charge is 0.493 e. The lowest BCUT2D eigenvalue weighted by atomic mass is 9.96. The number of nitrogens with one attached hydrogen (secondary N) is 3. The quantitative estimate of drug-likeness (QED) is 0.313. The fourth-order valence-corrected chi connectivity index (χ4v) is 4.37. The molecule has 0 amide bonds. The Hall–Kier alpha value is -3.95. The smallest absolute Gasteiger partial charge is 0.229 e. The average Bonchev–Trinajstić information content (AvgIpc) is 2.95. The Balaban J connectivity index is 1.50. The van der Waals surface area contributed by atoms with E-state index in [-0.39, 0.29) is 0 Å². The van der Waals surface area contributed by atoms with Crippen molar-refractivity contribution in [1.29, 1.82) is 0 Å². The summed E-state index contributed by atoms with van der Waals surface area (Å²) in [4.78, 5) is 13.9. The summed E-state index contributed by atoms with van der Waals surface area (Å²) in [5.41, 5.74) is 2.03. The summed E-state index contributed by atoms with van der Waals surface area (Å²) in [5, 5.41) is 10.2. The van der Waals surface area contributed by atoms with Crippen molar-refractivity contribution in [2.24, 2.45) is 0 Å². The summed E-state index contributed by atoms with van der Waals surface area (Å²) >= 11 is 0. The van der Waals surface area contributed by atoms with Gasteiger partial charge in [-0.3, -0.25) is 0 Å². The second-order valence-electron chi connectivity index (χ2n) is 8.87. The van der Waals surface area contributed by atoms with E-state index in [1.165, 1.54) is 19.3 Å². The standard InChI is InChI=1S/C27H36N6O4/c1-34-21-12-10-18(14-23(21)36-3)16-28-25-31-26(33-27(32-25)30-20-8-6-5-7-9-20)29-17-19-11-13-22(35-2)24(15-19)37-4/h10-15,20H,5-9,16-17H2,1-4H3,(H3,28,29,30,31,32,33). The van der Waals surface area contributed by atoms with Crippen LogP contribution in [0.2, 0.25) is 0 Å². The first-order chi connectivity index (χ1) is 18.1. The maximum absolute atomic E-state index is 5.43. The summed E-state index contributed by atoms with van der Waals surface area (Å²) in [6, 6.07) is 12.0. The van der Waals surface area contributed by atoms with Gasteiger partial charge in [-0.2, -0.15) is 15.0 Å². The zero-order valence-corrected chi connectivity index (χ0v) is 22.0. The predicted molar refractivity (Wildman–Crippen MR) is 144 cm³/mol. The van der Waals surface area contributed by atoms with Crippen molar-refractivity contribution in [2.75, 3.05) is 44.4 Å². The van der Waals surface area contributed by atoms with Crippen LogP contribution in [0.25, 0.3) is 0 Å². The Morgan fingerprint density at radius 2 is 1.08 bits per heavy atom. The van der Waals surface area contributed by atoms with Gasteiger partial charge in [0.25, 0.3) is 0 Å². The summed E-state index contributed by atoms with van der Waals surface area (Å²) < 4.78 is 21.5. The molecule has 1 aromatic heterocycles. The molecule has 0 aliphatic heterocycles. The van der Waals surface area contributed by atoms with Gasteiger partial charge in [-0.25, -0.2) is 0 Å². The summed E-state index contributed by atoms with van der Waals surface area (Å²) in [7, 11) is 6.50. The third kappa shape index (κ3) is 7.05. The van der Waals surface area contributed by atoms with Crippen LogP contribution in [-0.2, 0) is 13.1 Å². The number of aromatic nitrogens is 3. The monoisotopic (exact) mass is 508 g/mol. The van der Waals surface area contributed by atoms with Crippen LogP contribution in [0.4, 0.5) is 17.8 Å². The molecule has 2 aromatic carbocycles. The third-order valence-corrected chi connectivity index (χ3v) is 6.37. The van der Waals surface area contributed by atoms with E-state index < -0.39 is 0 Å². The minimum atomic E-state index is 0.369. The molecule has 0 radical (unpaired) electrons. The van der Waals surface area contributed by atoms with Crippen LogP contribution in [-0.4, -0.2) is 49.4 Å². The van der Waals surface area contributed by atoms with Crippen molar-refractivity contribution in [3.05, 3.63) is 47.5 Å². The number of anilines is 3. The molecule has 0 bridgehead atoms. The molecule has 10 nitrogen and oxygen atoms in total. The van der Waals surface area contributed by atoms with Crippen molar-refractivity contribution >= 4 is 17.8 Å². The molecule has 0 unspecified atom stereocenters. The first-order valence-corrected chi connectivity index (χ1v) is 12.5. The Kier molecular flexibility index (Phi) is 9.07. The van der Waals surface area contributed by atoms with E-state index in [0.29, 0.717) is 60.0 Å². The second-order valence-corrected chi connectivity index (χ2v) is 8.87. The molecule has 0 atom stereocenters. The van der Waals surface area contributed by atoms with Crippen molar-refractivity contribution in [2.45, 2.75) is 51.2 Å². The number of ether oxygens (including phenoxy) is 4. The van der Waals surface area contributed by atoms with Gasteiger partial charge in [0.2, 0.25) is 17.8 Å². The Morgan fingerprint density at radius 3 is 1.54 bits per heavy atom. The van der Waals surface area contributed by atoms with E-state index in [1.54, 1.807) is 28.4 Å². The number of methoxy groups -OCH3 is 4. The van der Waals surface area contributed by atoms with Gasteiger partial charge in [0, 0.05) is 19.1 Å². The molecule has 0 spiro atoms. The highest BCUT2D eigenvalue weighted by Gasteiger charge is 2.16. The molecule has 1 heterocycles. The minimum Gasteiger partial charge on any atom is -0.493 e. The molecule has 3 N–H and O–H groups in total. The molecule has 4 rings (SSSR count). The van der Waals surface area contributed by atoms with Crippen LogP contribution < -0.4 is 34.9 Å². The topological polar surface area (TPSA) is 112 Å². The van der Waals surface area contributed by atoms with Gasteiger partial charge in [0.15, 0.2) is 23.0 Å². The minimum absolute atomic E-state index is 0.369. The molecule has 198 valence electrons. The van der Waals surface area contributed by atoms with E-state index >= 15 is 0 Å². The molecule has 1 fully saturated rings. The molecule has 37 heavy (non-hydrogen) atoms. The fraction of sp³-hybridized carbons (Fsp3) is 0.444. The molecule has 1 aliphatic carbocycles. The molecular formula is C27H36N6O4. The van der Waals surface area contributed by atoms with Crippen LogP contribution in [0, 0.1) is 0 Å². The molecule has 1 saturated carbocycles. The zero-order chi connectivity index (χ0) is 26.0. The summed E-state index contributed by atoms with van der Waals surface area (Å²) in [5.74, 6) is 4.25. The number of benzene rings is 2. The fourth-order valence-electron chi connectivity index (χ4n) is 4.37. The maximum Gasteiger partial charge on any atom is 0.229 e. The number of hydrogen-bond acceptors (Lipinski definition) is 10. The molecule has 10 heteroatoms. The number of nitrogens with zero attached hydrogens (tertiary/aromatic N) is 3. The highest BCUT2D eigenvalue weighted by atomic mass is 16.5. The highest BCUT2D eigenvalue weighted by Crippen LogP contribution is 2.29. The Morgan fingerprint density at radius 1 is 0.622 bits per heavy atom. The van der Waals surface area contributed by atoms with Gasteiger partial charge < -0.3 is 34.9 Å². The van der Waals surface area contributed by atoms with Gasteiger partial charge >= 0.3 is 0 Å². The maximum atomic E-state index is 5.43. The van der Waals surface area contributed by atoms with E-state index in [4.69, 9.17) is 18.9 Å². The van der Waals surface area contributed by atoms with Gasteiger partial charge in [0.1, 0.15) is 0 Å². The average molecular weight is 509 g/mol. The van der Waals surface area contributed by atoms with Crippen LogP contribution in [0.5, 0.6) is 23.0 Å². The molecule has 0 saturated heterocycles. The lowest BCUT2D eigenvalue weighted by molar-refractivity contribution is 0.354. The summed E-state index contributed by atoms with van der Waals surface area (Å²) in [6.45, 7) is 1.03. The zero-order valence-electron chi connectivity index (χ0n) is 22.0. The first-order valence-electron chi connectivity index (χ1n) is 12.5. The highest BCUT2D eigenvalue weighted by molar-refractivity contribution is 5.47. The van der Waals surface area contributed by atoms with Crippen LogP contribution in [0.1, 0.15) is 43.2 Å². The van der Waals surface area contributed by atoms with E-state index in [9.17, 15) is 0 Å². The van der Waals surface area contributed by atoms with Crippen molar-refractivity contribution < 1.29 is 18.9 Å². The lowest BCUT2D eigenvalue weighted by Gasteiger charge is -2.23. The van der Waals surface area contributed by atoms with Crippen molar-refractivity contribution in [3.8, 4) is 23.0 Å². The van der Waals surface area contributed by atoms with Crippen LogP contribution in [0.15, 0.2) is 36.4 Å². The second kappa shape index (κ2) is 12.8. The Labute approximate surface area is 218 Å². The molecule has 1 aliphatic rings. The van der Waals surface area contributed by atoms with Gasteiger partial charge in [-0.15, -0.1) is 0 Å². The molecular weight excluding hydrogens is 472 g/mol. The van der Waals surface area contributed by atoms with E-state index in [2.05, 4.69) is 30.9 Å². The van der Waals surface area contributed by atoms with Crippen LogP contribution >= 0.6 is 0 Å². The van der Waals surface area contributed by atoms with Crippen LogP contribution in [0.3, 0.4) is 0 Å². The molecule has 3 aromatic rings. The number of rotatable bonds is 12. The number of hydrogen-bond donors (Lipinski definition) is 3. The van der Waals surface area contributed by atoms with Crippen molar-refractivity contribution in [3.63, 3.8) is 0 Å². The van der Waals surface area contributed by atoms with Gasteiger partial charge in [-0.05, 0) is 48.2 Å². The van der Waals surface area contributed by atoms with E-state index in [0.717, 1.165) is 24.0 Å². The first kappa shape index (κ1) is 26.1. The SMILES string of the molecule is COc1ccc(CNc2nc(NCc3ccc(OC)c(OC)c3)nc(NC3CCCCC3)n2)cc1OC. The van der Waals surface area contributed by atoms with Gasteiger partial charge in [0.05, 0.1) is 28.4 Å². The van der Waals surface area contributed by atoms with Crippen molar-refractivity contribution in [1.82, 2.24) is 15.0 Å². The Bertz CT molecular complexity index is 1090. The summed E-state index contributed by atoms with van der Waals surface area (Å²) in [6.07, 6.45) is 5.96.